The molecule has 1 atom stereocenters. The van der Waals surface area contributed by atoms with Gasteiger partial charge in [0.15, 0.2) is 17.6 Å². The van der Waals surface area contributed by atoms with Crippen molar-refractivity contribution in [3.8, 4) is 17.2 Å². The molecule has 0 saturated heterocycles. The zero-order valence-corrected chi connectivity index (χ0v) is 17.7. The van der Waals surface area contributed by atoms with E-state index >= 15 is 0 Å². The molecule has 2 aromatic carbocycles. The molecular weight excluding hydrogens is 354 g/mol. The zero-order chi connectivity index (χ0) is 20.7. The smallest absolute Gasteiger partial charge is 0.261 e. The highest BCUT2D eigenvalue weighted by molar-refractivity contribution is 5.80. The fourth-order valence-corrected chi connectivity index (χ4v) is 2.90. The summed E-state index contributed by atoms with van der Waals surface area (Å²) in [6, 6.07) is 11.7. The summed E-state index contributed by atoms with van der Waals surface area (Å²) in [5, 5.41) is 2.93. The Morgan fingerprint density at radius 2 is 1.79 bits per heavy atom. The largest absolute Gasteiger partial charge is 0.493 e. The van der Waals surface area contributed by atoms with Gasteiger partial charge in [0, 0.05) is 6.54 Å². The molecule has 0 saturated carbocycles. The van der Waals surface area contributed by atoms with Gasteiger partial charge in [-0.25, -0.2) is 0 Å². The molecular formula is C23H31NO4. The van der Waals surface area contributed by atoms with Gasteiger partial charge >= 0.3 is 0 Å². The number of carbonyl (C=O) groups is 1. The number of benzene rings is 2. The second-order valence-electron chi connectivity index (χ2n) is 7.09. The first kappa shape index (κ1) is 21.6. The van der Waals surface area contributed by atoms with Crippen molar-refractivity contribution in [3.63, 3.8) is 0 Å². The Kier molecular flexibility index (Phi) is 7.73. The Bertz CT molecular complexity index is 801. The van der Waals surface area contributed by atoms with Gasteiger partial charge in [-0.1, -0.05) is 32.0 Å². The lowest BCUT2D eigenvalue weighted by atomic mass is 10.0. The van der Waals surface area contributed by atoms with Gasteiger partial charge in [-0.3, -0.25) is 4.79 Å². The van der Waals surface area contributed by atoms with E-state index in [9.17, 15) is 4.79 Å². The molecule has 152 valence electrons. The Morgan fingerprint density at radius 3 is 2.43 bits per heavy atom. The van der Waals surface area contributed by atoms with Gasteiger partial charge in [0.25, 0.3) is 5.91 Å². The highest BCUT2D eigenvalue weighted by Gasteiger charge is 2.17. The molecule has 1 unspecified atom stereocenters. The maximum Gasteiger partial charge on any atom is 0.261 e. The summed E-state index contributed by atoms with van der Waals surface area (Å²) in [6.07, 6.45) is -0.594. The fourth-order valence-electron chi connectivity index (χ4n) is 2.90. The Morgan fingerprint density at radius 1 is 1.04 bits per heavy atom. The molecule has 0 fully saturated rings. The van der Waals surface area contributed by atoms with E-state index in [1.807, 2.05) is 38.1 Å². The first-order chi connectivity index (χ1) is 13.3. The van der Waals surface area contributed by atoms with Crippen LogP contribution in [0.3, 0.4) is 0 Å². The molecule has 0 aliphatic rings. The average molecular weight is 386 g/mol. The van der Waals surface area contributed by atoms with Gasteiger partial charge < -0.3 is 19.5 Å². The molecule has 28 heavy (non-hydrogen) atoms. The van der Waals surface area contributed by atoms with E-state index in [2.05, 4.69) is 31.3 Å². The lowest BCUT2D eigenvalue weighted by Gasteiger charge is -2.19. The second kappa shape index (κ2) is 10.0. The molecule has 0 aromatic heterocycles. The standard InChI is InChI=1S/C23H31NO4/c1-7-27-22-13-18(9-11-20(22)26-6)14-24-23(25)17(5)28-21-12-16(4)8-10-19(21)15(2)3/h8-13,15,17H,7,14H2,1-6H3,(H,24,25). The number of nitrogens with one attached hydrogen (secondary N) is 1. The summed E-state index contributed by atoms with van der Waals surface area (Å²) in [6.45, 7) is 10.9. The molecule has 0 aliphatic carbocycles. The molecule has 0 radical (unpaired) electrons. The highest BCUT2D eigenvalue weighted by atomic mass is 16.5. The Balaban J connectivity index is 2.02. The number of hydrogen-bond acceptors (Lipinski definition) is 4. The minimum absolute atomic E-state index is 0.162. The van der Waals surface area contributed by atoms with E-state index in [-0.39, 0.29) is 5.91 Å². The average Bonchev–Trinajstić information content (AvgIpc) is 2.66. The molecule has 5 nitrogen and oxygen atoms in total. The molecule has 0 spiro atoms. The summed E-state index contributed by atoms with van der Waals surface area (Å²) in [4.78, 5) is 12.5. The number of rotatable bonds is 9. The highest BCUT2D eigenvalue weighted by Crippen LogP contribution is 2.29. The van der Waals surface area contributed by atoms with Gasteiger partial charge in [0.05, 0.1) is 13.7 Å². The van der Waals surface area contributed by atoms with Gasteiger partial charge in [-0.2, -0.15) is 0 Å². The van der Waals surface area contributed by atoms with Crippen LogP contribution >= 0.6 is 0 Å². The van der Waals surface area contributed by atoms with E-state index in [0.29, 0.717) is 30.6 Å². The van der Waals surface area contributed by atoms with Gasteiger partial charge in [0.1, 0.15) is 5.75 Å². The third kappa shape index (κ3) is 5.65. The Hall–Kier alpha value is -2.69. The van der Waals surface area contributed by atoms with Crippen molar-refractivity contribution in [1.29, 1.82) is 0 Å². The number of aryl methyl sites for hydroxylation is 1. The van der Waals surface area contributed by atoms with Crippen LogP contribution in [0.4, 0.5) is 0 Å². The minimum atomic E-state index is -0.594. The lowest BCUT2D eigenvalue weighted by Crippen LogP contribution is -2.36. The number of amides is 1. The molecule has 0 bridgehead atoms. The number of methoxy groups -OCH3 is 1. The van der Waals surface area contributed by atoms with Crippen molar-refractivity contribution < 1.29 is 19.0 Å². The van der Waals surface area contributed by atoms with E-state index in [0.717, 1.165) is 22.4 Å². The van der Waals surface area contributed by atoms with Crippen LogP contribution in [0.5, 0.6) is 17.2 Å². The van der Waals surface area contributed by atoms with Crippen molar-refractivity contribution in [1.82, 2.24) is 5.32 Å². The van der Waals surface area contributed by atoms with Crippen LogP contribution < -0.4 is 19.5 Å². The summed E-state index contributed by atoms with van der Waals surface area (Å²) < 4.78 is 16.9. The first-order valence-corrected chi connectivity index (χ1v) is 9.70. The monoisotopic (exact) mass is 385 g/mol. The van der Waals surface area contributed by atoms with Gasteiger partial charge in [-0.05, 0) is 61.6 Å². The van der Waals surface area contributed by atoms with Gasteiger partial charge in [-0.15, -0.1) is 0 Å². The second-order valence-corrected chi connectivity index (χ2v) is 7.09. The van der Waals surface area contributed by atoms with Crippen molar-refractivity contribution in [3.05, 3.63) is 53.1 Å². The van der Waals surface area contributed by atoms with Crippen LogP contribution in [-0.2, 0) is 11.3 Å². The summed E-state index contributed by atoms with van der Waals surface area (Å²) in [5.41, 5.74) is 3.14. The molecule has 0 aliphatic heterocycles. The van der Waals surface area contributed by atoms with Crippen LogP contribution in [0.15, 0.2) is 36.4 Å². The maximum absolute atomic E-state index is 12.5. The number of hydrogen-bond donors (Lipinski definition) is 1. The molecule has 1 amide bonds. The Labute approximate surface area is 168 Å². The van der Waals surface area contributed by atoms with Crippen molar-refractivity contribution in [2.75, 3.05) is 13.7 Å². The molecule has 2 rings (SSSR count). The first-order valence-electron chi connectivity index (χ1n) is 9.70. The van der Waals surface area contributed by atoms with E-state index < -0.39 is 6.10 Å². The van der Waals surface area contributed by atoms with Gasteiger partial charge in [0.2, 0.25) is 0 Å². The maximum atomic E-state index is 12.5. The zero-order valence-electron chi connectivity index (χ0n) is 17.7. The molecule has 5 heteroatoms. The summed E-state index contributed by atoms with van der Waals surface area (Å²) in [7, 11) is 1.61. The van der Waals surface area contributed by atoms with Crippen molar-refractivity contribution in [2.24, 2.45) is 0 Å². The van der Waals surface area contributed by atoms with Crippen molar-refractivity contribution in [2.45, 2.75) is 53.2 Å². The minimum Gasteiger partial charge on any atom is -0.493 e. The SMILES string of the molecule is CCOc1cc(CNC(=O)C(C)Oc2cc(C)ccc2C(C)C)ccc1OC. The van der Waals surface area contributed by atoms with Crippen LogP contribution in [0.2, 0.25) is 0 Å². The van der Waals surface area contributed by atoms with Crippen LogP contribution in [0, 0.1) is 6.92 Å². The fraction of sp³-hybridized carbons (Fsp3) is 0.435. The normalized spacial score (nSPS) is 11.8. The number of carbonyl (C=O) groups excluding carboxylic acids is 1. The van der Waals surface area contributed by atoms with E-state index in [1.54, 1.807) is 14.0 Å². The molecule has 0 heterocycles. The topological polar surface area (TPSA) is 56.8 Å². The number of ether oxygens (including phenoxy) is 3. The molecule has 2 aromatic rings. The lowest BCUT2D eigenvalue weighted by molar-refractivity contribution is -0.127. The third-order valence-electron chi connectivity index (χ3n) is 4.46. The summed E-state index contributed by atoms with van der Waals surface area (Å²) >= 11 is 0. The summed E-state index contributed by atoms with van der Waals surface area (Å²) in [5.74, 6) is 2.27. The van der Waals surface area contributed by atoms with Crippen LogP contribution in [0.1, 0.15) is 50.3 Å². The van der Waals surface area contributed by atoms with E-state index in [4.69, 9.17) is 14.2 Å². The predicted molar refractivity (Wildman–Crippen MR) is 111 cm³/mol. The van der Waals surface area contributed by atoms with E-state index in [1.165, 1.54) is 0 Å². The molecule has 1 N–H and O–H groups in total. The quantitative estimate of drug-likeness (QED) is 0.685. The van der Waals surface area contributed by atoms with Crippen molar-refractivity contribution >= 4 is 5.91 Å². The predicted octanol–water partition coefficient (Wildman–Crippen LogP) is 4.61. The van der Waals surface area contributed by atoms with Crippen LogP contribution in [0.25, 0.3) is 0 Å². The third-order valence-corrected chi connectivity index (χ3v) is 4.46. The van der Waals surface area contributed by atoms with Crippen LogP contribution in [-0.4, -0.2) is 25.7 Å².